The van der Waals surface area contributed by atoms with E-state index in [1.54, 1.807) is 18.3 Å². The largest absolute Gasteiger partial charge is 0.507 e. The fourth-order valence-electron chi connectivity index (χ4n) is 4.81. The predicted molar refractivity (Wildman–Crippen MR) is 111 cm³/mol. The standard InChI is InChI=1S/C22H27N5O2/c1-21(20(29)27-14-22(15-27)12-23-13-22)6-8-26(9-7-21)16-10-18(25-24-11-16)17-4-2-3-5-19(17)28/h2-5,10-11,23,28H,6-9,12-15H2,1H3. The molecule has 2 N–H and O–H groups in total. The zero-order valence-corrected chi connectivity index (χ0v) is 16.8. The number of amides is 1. The molecule has 7 nitrogen and oxygen atoms in total. The summed E-state index contributed by atoms with van der Waals surface area (Å²) in [7, 11) is 0. The van der Waals surface area contributed by atoms with Crippen molar-refractivity contribution in [1.82, 2.24) is 20.4 Å². The van der Waals surface area contributed by atoms with Crippen molar-refractivity contribution in [2.75, 3.05) is 44.2 Å². The lowest BCUT2D eigenvalue weighted by molar-refractivity contribution is -0.158. The Morgan fingerprint density at radius 3 is 2.55 bits per heavy atom. The third-order valence-electron chi connectivity index (χ3n) is 6.91. The highest BCUT2D eigenvalue weighted by molar-refractivity contribution is 5.84. The average molecular weight is 393 g/mol. The molecule has 1 spiro atoms. The second kappa shape index (κ2) is 6.69. The monoisotopic (exact) mass is 393 g/mol. The van der Waals surface area contributed by atoms with Crippen molar-refractivity contribution in [3.8, 4) is 17.0 Å². The first-order valence-corrected chi connectivity index (χ1v) is 10.3. The topological polar surface area (TPSA) is 81.6 Å². The van der Waals surface area contributed by atoms with Crippen LogP contribution in [0.3, 0.4) is 0 Å². The Hall–Kier alpha value is -2.67. The number of phenolic OH excluding ortho intramolecular Hbond substituents is 1. The highest BCUT2D eigenvalue weighted by atomic mass is 16.3. The maximum atomic E-state index is 13.1. The van der Waals surface area contributed by atoms with Crippen LogP contribution in [0.15, 0.2) is 36.5 Å². The molecule has 2 aromatic rings. The molecular formula is C22H27N5O2. The van der Waals surface area contributed by atoms with Gasteiger partial charge in [-0.1, -0.05) is 19.1 Å². The number of aromatic nitrogens is 2. The van der Waals surface area contributed by atoms with Gasteiger partial charge in [-0.25, -0.2) is 0 Å². The summed E-state index contributed by atoms with van der Waals surface area (Å²) in [6.45, 7) is 7.68. The van der Waals surface area contributed by atoms with Gasteiger partial charge in [-0.2, -0.15) is 10.2 Å². The van der Waals surface area contributed by atoms with Crippen LogP contribution >= 0.6 is 0 Å². The van der Waals surface area contributed by atoms with Crippen molar-refractivity contribution in [1.29, 1.82) is 0 Å². The van der Waals surface area contributed by atoms with Gasteiger partial charge in [0, 0.05) is 55.7 Å². The molecule has 1 amide bonds. The molecule has 3 fully saturated rings. The third kappa shape index (κ3) is 3.13. The molecule has 1 aromatic heterocycles. The minimum absolute atomic E-state index is 0.199. The van der Waals surface area contributed by atoms with Crippen molar-refractivity contribution < 1.29 is 9.90 Å². The number of carbonyl (C=O) groups excluding carboxylic acids is 1. The van der Waals surface area contributed by atoms with Gasteiger partial charge in [-0.05, 0) is 31.0 Å². The fourth-order valence-corrected chi connectivity index (χ4v) is 4.81. The van der Waals surface area contributed by atoms with Gasteiger partial charge >= 0.3 is 0 Å². The van der Waals surface area contributed by atoms with E-state index in [-0.39, 0.29) is 11.2 Å². The summed E-state index contributed by atoms with van der Waals surface area (Å²) >= 11 is 0. The molecule has 0 radical (unpaired) electrons. The number of anilines is 1. The van der Waals surface area contributed by atoms with Gasteiger partial charge in [0.05, 0.1) is 17.6 Å². The average Bonchev–Trinajstić information content (AvgIpc) is 2.67. The van der Waals surface area contributed by atoms with Crippen molar-refractivity contribution in [3.05, 3.63) is 36.5 Å². The van der Waals surface area contributed by atoms with Crippen molar-refractivity contribution in [2.45, 2.75) is 19.8 Å². The molecule has 3 aliphatic rings. The first-order chi connectivity index (χ1) is 14.0. The first kappa shape index (κ1) is 18.4. The van der Waals surface area contributed by atoms with E-state index in [9.17, 15) is 9.90 Å². The van der Waals surface area contributed by atoms with E-state index in [1.807, 2.05) is 18.2 Å². The van der Waals surface area contributed by atoms with Gasteiger partial charge in [-0.15, -0.1) is 0 Å². The van der Waals surface area contributed by atoms with E-state index >= 15 is 0 Å². The van der Waals surface area contributed by atoms with Crippen LogP contribution in [0, 0.1) is 10.8 Å². The smallest absolute Gasteiger partial charge is 0.228 e. The van der Waals surface area contributed by atoms with Crippen LogP contribution in [-0.2, 0) is 4.79 Å². The molecule has 152 valence electrons. The Bertz CT molecular complexity index is 926. The van der Waals surface area contributed by atoms with Crippen LogP contribution in [0.4, 0.5) is 5.69 Å². The van der Waals surface area contributed by atoms with Crippen LogP contribution in [0.2, 0.25) is 0 Å². The molecule has 7 heteroatoms. The molecule has 0 saturated carbocycles. The summed E-state index contributed by atoms with van der Waals surface area (Å²) in [5.74, 6) is 0.516. The maximum absolute atomic E-state index is 13.1. The van der Waals surface area contributed by atoms with Crippen LogP contribution in [0.25, 0.3) is 11.3 Å². The number of nitrogens with one attached hydrogen (secondary N) is 1. The van der Waals surface area contributed by atoms with E-state index in [1.165, 1.54) is 0 Å². The van der Waals surface area contributed by atoms with Crippen molar-refractivity contribution in [2.24, 2.45) is 10.8 Å². The fraction of sp³-hybridized carbons (Fsp3) is 0.500. The summed E-state index contributed by atoms with van der Waals surface area (Å²) < 4.78 is 0. The third-order valence-corrected chi connectivity index (χ3v) is 6.91. The quantitative estimate of drug-likeness (QED) is 0.829. The zero-order valence-electron chi connectivity index (χ0n) is 16.8. The molecule has 0 bridgehead atoms. The highest BCUT2D eigenvalue weighted by Crippen LogP contribution is 2.41. The summed E-state index contributed by atoms with van der Waals surface area (Å²) in [6, 6.07) is 9.13. The Labute approximate surface area is 170 Å². The molecule has 1 aromatic carbocycles. The van der Waals surface area contributed by atoms with Crippen molar-refractivity contribution >= 4 is 11.6 Å². The number of rotatable bonds is 3. The van der Waals surface area contributed by atoms with Gasteiger partial charge in [0.15, 0.2) is 0 Å². The Morgan fingerprint density at radius 2 is 1.90 bits per heavy atom. The minimum atomic E-state index is -0.281. The number of phenols is 1. The van der Waals surface area contributed by atoms with E-state index in [4.69, 9.17) is 0 Å². The molecular weight excluding hydrogens is 366 g/mol. The molecule has 0 unspecified atom stereocenters. The van der Waals surface area contributed by atoms with Gasteiger partial charge < -0.3 is 20.2 Å². The summed E-state index contributed by atoms with van der Waals surface area (Å²) in [5.41, 5.74) is 2.41. The highest BCUT2D eigenvalue weighted by Gasteiger charge is 2.52. The number of nitrogens with zero attached hydrogens (tertiary/aromatic N) is 4. The SMILES string of the molecule is CC1(C(=O)N2CC3(CNC3)C2)CCN(c2cnnc(-c3ccccc3O)c2)CC1. The molecule has 4 heterocycles. The molecule has 3 aliphatic heterocycles. The lowest BCUT2D eigenvalue weighted by Gasteiger charge is -2.58. The summed E-state index contributed by atoms with van der Waals surface area (Å²) in [6.07, 6.45) is 3.43. The van der Waals surface area contributed by atoms with Gasteiger partial charge in [0.25, 0.3) is 0 Å². The van der Waals surface area contributed by atoms with E-state index in [0.29, 0.717) is 22.6 Å². The first-order valence-electron chi connectivity index (χ1n) is 10.3. The van der Waals surface area contributed by atoms with Crippen molar-refractivity contribution in [3.63, 3.8) is 0 Å². The predicted octanol–water partition coefficient (Wildman–Crippen LogP) is 1.89. The number of piperidine rings is 1. The van der Waals surface area contributed by atoms with E-state index in [0.717, 1.165) is 57.8 Å². The Kier molecular flexibility index (Phi) is 4.24. The van der Waals surface area contributed by atoms with Gasteiger partial charge in [0.2, 0.25) is 5.91 Å². The lowest BCUT2D eigenvalue weighted by atomic mass is 9.71. The van der Waals surface area contributed by atoms with Crippen LogP contribution in [0.5, 0.6) is 5.75 Å². The summed E-state index contributed by atoms with van der Waals surface area (Å²) in [4.78, 5) is 17.4. The molecule has 0 atom stereocenters. The maximum Gasteiger partial charge on any atom is 0.228 e. The second-order valence-corrected chi connectivity index (χ2v) is 9.13. The number of hydrogen-bond donors (Lipinski definition) is 2. The molecule has 29 heavy (non-hydrogen) atoms. The zero-order chi connectivity index (χ0) is 20.1. The van der Waals surface area contributed by atoms with E-state index in [2.05, 4.69) is 32.2 Å². The minimum Gasteiger partial charge on any atom is -0.507 e. The van der Waals surface area contributed by atoms with Crippen LogP contribution < -0.4 is 10.2 Å². The molecule has 3 saturated heterocycles. The van der Waals surface area contributed by atoms with Gasteiger partial charge in [-0.3, -0.25) is 4.79 Å². The number of hydrogen-bond acceptors (Lipinski definition) is 6. The van der Waals surface area contributed by atoms with Gasteiger partial charge in [0.1, 0.15) is 5.75 Å². The molecule has 0 aliphatic carbocycles. The molecule has 5 rings (SSSR count). The number of carbonyl (C=O) groups is 1. The number of likely N-dealkylation sites (tertiary alicyclic amines) is 1. The number of benzene rings is 1. The summed E-state index contributed by atoms with van der Waals surface area (Å²) in [5, 5.41) is 21.8. The van der Waals surface area contributed by atoms with E-state index < -0.39 is 0 Å². The number of para-hydroxylation sites is 1. The lowest BCUT2D eigenvalue weighted by Crippen LogP contribution is -2.73. The second-order valence-electron chi connectivity index (χ2n) is 9.13. The number of aromatic hydroxyl groups is 1. The Morgan fingerprint density at radius 1 is 1.17 bits per heavy atom. The van der Waals surface area contributed by atoms with Crippen LogP contribution in [0.1, 0.15) is 19.8 Å². The van der Waals surface area contributed by atoms with Crippen LogP contribution in [-0.4, -0.2) is 65.4 Å². The Balaban J connectivity index is 1.25. The normalized spacial score (nSPS) is 22.1.